The van der Waals surface area contributed by atoms with Gasteiger partial charge in [0.2, 0.25) is 5.75 Å². The minimum absolute atomic E-state index is 0.0630. The fourth-order valence-corrected chi connectivity index (χ4v) is 6.64. The molecule has 0 radical (unpaired) electrons. The Kier molecular flexibility index (Phi) is 8.26. The van der Waals surface area contributed by atoms with Crippen molar-refractivity contribution in [2.45, 2.75) is 6.92 Å². The largest absolute Gasteiger partial charge is 0.507 e. The van der Waals surface area contributed by atoms with Gasteiger partial charge in [-0.15, -0.1) is 0 Å². The first-order valence-corrected chi connectivity index (χ1v) is 16.9. The molecule has 0 atom stereocenters. The third kappa shape index (κ3) is 5.92. The van der Waals surface area contributed by atoms with Gasteiger partial charge in [0.05, 0.1) is 23.1 Å². The van der Waals surface area contributed by atoms with Gasteiger partial charge in [-0.2, -0.15) is 0 Å². The molecule has 6 nitrogen and oxygen atoms in total. The molecule has 0 unspecified atom stereocenters. The standard InChI is InChI=1S/C46H34N2O4/c1-29-43(49)42(45(51)46(52)44(29)50)35-18-13-32(14-19-35)31-11-16-34(17-12-31)41-26-25-40(28-47-41)48(38-9-3-2-4-10-38)39-23-21-33(22-24-39)37-20-15-30-7-5-6-8-36(30)27-37/h2-28,49-52H,1H3. The molecule has 0 fully saturated rings. The topological polar surface area (TPSA) is 97.0 Å². The Bertz CT molecular complexity index is 2500. The average Bonchev–Trinajstić information content (AvgIpc) is 3.20. The summed E-state index contributed by atoms with van der Waals surface area (Å²) in [7, 11) is 0. The van der Waals surface area contributed by atoms with E-state index in [2.05, 4.69) is 89.8 Å². The summed E-state index contributed by atoms with van der Waals surface area (Å²) >= 11 is 0. The van der Waals surface area contributed by atoms with E-state index >= 15 is 0 Å². The van der Waals surface area contributed by atoms with E-state index in [4.69, 9.17) is 4.98 Å². The van der Waals surface area contributed by atoms with Gasteiger partial charge in [0.1, 0.15) is 5.75 Å². The average molecular weight is 679 g/mol. The SMILES string of the molecule is Cc1c(O)c(O)c(O)c(-c2ccc(-c3ccc(-c4ccc(N(c5ccccc5)c5ccc(-c6ccc7ccccc7c6)cc5)cn4)cc3)cc2)c1O. The summed E-state index contributed by atoms with van der Waals surface area (Å²) in [5, 5.41) is 43.5. The van der Waals surface area contributed by atoms with Crippen molar-refractivity contribution in [2.24, 2.45) is 0 Å². The molecule has 1 aromatic heterocycles. The van der Waals surface area contributed by atoms with E-state index in [1.54, 1.807) is 12.1 Å². The summed E-state index contributed by atoms with van der Waals surface area (Å²) in [5.74, 6) is -2.06. The van der Waals surface area contributed by atoms with E-state index in [1.807, 2.05) is 66.9 Å². The number of phenols is 4. The van der Waals surface area contributed by atoms with Gasteiger partial charge in [0.15, 0.2) is 11.5 Å². The van der Waals surface area contributed by atoms with E-state index in [0.29, 0.717) is 5.56 Å². The molecular weight excluding hydrogens is 645 g/mol. The highest BCUT2D eigenvalue weighted by atomic mass is 16.3. The van der Waals surface area contributed by atoms with E-state index in [9.17, 15) is 20.4 Å². The Morgan fingerprint density at radius 3 is 1.58 bits per heavy atom. The van der Waals surface area contributed by atoms with E-state index < -0.39 is 17.2 Å². The quantitative estimate of drug-likeness (QED) is 0.0989. The highest BCUT2D eigenvalue weighted by Gasteiger charge is 2.22. The number of aromatic nitrogens is 1. The van der Waals surface area contributed by atoms with Gasteiger partial charge in [-0.3, -0.25) is 4.98 Å². The number of hydrogen-bond acceptors (Lipinski definition) is 6. The number of phenolic OH excluding ortho intramolecular Hbond substituents is 4. The first-order chi connectivity index (χ1) is 25.4. The van der Waals surface area contributed by atoms with Crippen LogP contribution in [0.2, 0.25) is 0 Å². The monoisotopic (exact) mass is 678 g/mol. The van der Waals surface area contributed by atoms with Crippen LogP contribution in [0.5, 0.6) is 23.0 Å². The van der Waals surface area contributed by atoms with Gasteiger partial charge in [-0.1, -0.05) is 115 Å². The summed E-state index contributed by atoms with van der Waals surface area (Å²) in [6.07, 6.45) is 1.90. The lowest BCUT2D eigenvalue weighted by molar-refractivity contribution is 0.360. The smallest absolute Gasteiger partial charge is 0.201 e. The molecule has 0 saturated heterocycles. The molecule has 0 spiro atoms. The molecule has 0 saturated carbocycles. The Balaban J connectivity index is 1.04. The number of pyridine rings is 1. The lowest BCUT2D eigenvalue weighted by Crippen LogP contribution is -2.10. The number of anilines is 3. The van der Waals surface area contributed by atoms with Crippen LogP contribution in [0.1, 0.15) is 5.56 Å². The molecule has 52 heavy (non-hydrogen) atoms. The van der Waals surface area contributed by atoms with Gasteiger partial charge in [0, 0.05) is 22.5 Å². The predicted octanol–water partition coefficient (Wildman–Crippen LogP) is 11.5. The van der Waals surface area contributed by atoms with Crippen molar-refractivity contribution in [2.75, 3.05) is 4.90 Å². The van der Waals surface area contributed by atoms with Crippen LogP contribution in [0.3, 0.4) is 0 Å². The Labute approximate surface area is 301 Å². The van der Waals surface area contributed by atoms with Gasteiger partial charge >= 0.3 is 0 Å². The molecule has 0 amide bonds. The molecule has 0 bridgehead atoms. The molecule has 8 aromatic rings. The first-order valence-electron chi connectivity index (χ1n) is 16.9. The third-order valence-electron chi connectivity index (χ3n) is 9.55. The summed E-state index contributed by atoms with van der Waals surface area (Å²) in [6, 6.07) is 53.4. The van der Waals surface area contributed by atoms with Crippen LogP contribution in [0, 0.1) is 6.92 Å². The Hall–Kier alpha value is -7.05. The van der Waals surface area contributed by atoms with Crippen molar-refractivity contribution in [3.8, 4) is 67.6 Å². The minimum atomic E-state index is -0.661. The molecule has 0 aliphatic rings. The Morgan fingerprint density at radius 1 is 0.404 bits per heavy atom. The number of fused-ring (bicyclic) bond motifs is 1. The third-order valence-corrected chi connectivity index (χ3v) is 9.55. The predicted molar refractivity (Wildman–Crippen MR) is 210 cm³/mol. The first kappa shape index (κ1) is 32.2. The van der Waals surface area contributed by atoms with Gasteiger partial charge in [0.25, 0.3) is 0 Å². The molecule has 4 N–H and O–H groups in total. The van der Waals surface area contributed by atoms with Gasteiger partial charge in [-0.25, -0.2) is 0 Å². The summed E-state index contributed by atoms with van der Waals surface area (Å²) < 4.78 is 0. The maximum absolute atomic E-state index is 10.6. The van der Waals surface area contributed by atoms with Crippen LogP contribution >= 0.6 is 0 Å². The molecule has 252 valence electrons. The molecule has 8 rings (SSSR count). The molecule has 1 heterocycles. The fraction of sp³-hybridized carbons (Fsp3) is 0.0217. The zero-order chi connectivity index (χ0) is 35.8. The van der Waals surface area contributed by atoms with Crippen LogP contribution < -0.4 is 4.90 Å². The molecule has 6 heteroatoms. The van der Waals surface area contributed by atoms with E-state index in [-0.39, 0.29) is 16.9 Å². The normalized spacial score (nSPS) is 11.1. The van der Waals surface area contributed by atoms with Crippen molar-refractivity contribution in [1.82, 2.24) is 4.98 Å². The number of hydrogen-bond donors (Lipinski definition) is 4. The number of para-hydroxylation sites is 1. The van der Waals surface area contributed by atoms with Crippen molar-refractivity contribution in [1.29, 1.82) is 0 Å². The number of aromatic hydroxyl groups is 4. The summed E-state index contributed by atoms with van der Waals surface area (Å²) in [5.41, 5.74) is 9.73. The number of rotatable bonds is 7. The lowest BCUT2D eigenvalue weighted by Gasteiger charge is -2.25. The van der Waals surface area contributed by atoms with Crippen molar-refractivity contribution in [3.05, 3.63) is 169 Å². The van der Waals surface area contributed by atoms with Crippen LogP contribution in [-0.2, 0) is 0 Å². The van der Waals surface area contributed by atoms with Crippen molar-refractivity contribution < 1.29 is 20.4 Å². The Morgan fingerprint density at radius 2 is 0.923 bits per heavy atom. The molecule has 7 aromatic carbocycles. The highest BCUT2D eigenvalue weighted by Crippen LogP contribution is 2.51. The maximum atomic E-state index is 10.6. The zero-order valence-corrected chi connectivity index (χ0v) is 28.3. The van der Waals surface area contributed by atoms with Gasteiger partial charge < -0.3 is 25.3 Å². The van der Waals surface area contributed by atoms with Crippen LogP contribution in [-0.4, -0.2) is 25.4 Å². The van der Waals surface area contributed by atoms with Crippen LogP contribution in [0.15, 0.2) is 164 Å². The second-order valence-electron chi connectivity index (χ2n) is 12.7. The number of nitrogens with zero attached hydrogens (tertiary/aromatic N) is 2. The highest BCUT2D eigenvalue weighted by molar-refractivity contribution is 5.88. The van der Waals surface area contributed by atoms with E-state index in [1.165, 1.54) is 23.3 Å². The summed E-state index contributed by atoms with van der Waals surface area (Å²) in [6.45, 7) is 1.47. The van der Waals surface area contributed by atoms with Crippen molar-refractivity contribution in [3.63, 3.8) is 0 Å². The van der Waals surface area contributed by atoms with Crippen LogP contribution in [0.4, 0.5) is 17.1 Å². The second kappa shape index (κ2) is 13.3. The number of benzene rings is 7. The second-order valence-corrected chi connectivity index (χ2v) is 12.7. The minimum Gasteiger partial charge on any atom is -0.507 e. The molecule has 0 aliphatic heterocycles. The van der Waals surface area contributed by atoms with Gasteiger partial charge in [-0.05, 0) is 88.0 Å². The fourth-order valence-electron chi connectivity index (χ4n) is 6.64. The maximum Gasteiger partial charge on any atom is 0.201 e. The summed E-state index contributed by atoms with van der Waals surface area (Å²) in [4.78, 5) is 7.07. The zero-order valence-electron chi connectivity index (χ0n) is 28.3. The molecular formula is C46H34N2O4. The van der Waals surface area contributed by atoms with E-state index in [0.717, 1.165) is 45.0 Å². The van der Waals surface area contributed by atoms with Crippen LogP contribution in [0.25, 0.3) is 55.4 Å². The lowest BCUT2D eigenvalue weighted by atomic mass is 9.96. The molecule has 0 aliphatic carbocycles. The van der Waals surface area contributed by atoms with Crippen molar-refractivity contribution >= 4 is 27.8 Å².